The maximum Gasteiger partial charge on any atom is 0.248 e. The Balaban J connectivity index is 2.04. The monoisotopic (exact) mass is 256 g/mol. The first-order valence-corrected chi connectivity index (χ1v) is 5.80. The van der Waals surface area contributed by atoms with Crippen LogP contribution in [0.4, 0.5) is 10.1 Å². The van der Waals surface area contributed by atoms with Crippen molar-refractivity contribution in [3.8, 4) is 0 Å². The number of nitrogens with one attached hydrogen (secondary N) is 1. The number of hydrogen-bond donors (Lipinski definition) is 1. The van der Waals surface area contributed by atoms with Gasteiger partial charge in [-0.25, -0.2) is 4.39 Å². The quantitative estimate of drug-likeness (QED) is 0.857. The van der Waals surface area contributed by atoms with Crippen molar-refractivity contribution >= 4 is 17.7 Å². The molecule has 1 heterocycles. The Morgan fingerprint density at radius 3 is 2.95 bits per heavy atom. The Kier molecular flexibility index (Phi) is 4.03. The topological polar surface area (TPSA) is 42.0 Å². The number of anilines is 1. The molecule has 0 aliphatic heterocycles. The maximum atomic E-state index is 12.9. The van der Waals surface area contributed by atoms with Gasteiger partial charge in [0, 0.05) is 12.3 Å². The largest absolute Gasteiger partial charge is 0.321 e. The highest BCUT2D eigenvalue weighted by molar-refractivity contribution is 6.02. The fraction of sp³-hybridized carbons (Fsp3) is 0.0667. The van der Waals surface area contributed by atoms with Gasteiger partial charge in [-0.15, -0.1) is 0 Å². The molecule has 0 saturated heterocycles. The van der Waals surface area contributed by atoms with Crippen molar-refractivity contribution in [2.24, 2.45) is 0 Å². The molecule has 1 amide bonds. The zero-order valence-electron chi connectivity index (χ0n) is 10.4. The lowest BCUT2D eigenvalue weighted by Crippen LogP contribution is -2.09. The van der Waals surface area contributed by atoms with Crippen LogP contribution in [0.3, 0.4) is 0 Å². The molecule has 96 valence electrons. The third kappa shape index (κ3) is 3.74. The van der Waals surface area contributed by atoms with Crippen molar-refractivity contribution in [1.29, 1.82) is 0 Å². The minimum Gasteiger partial charge on any atom is -0.321 e. The average molecular weight is 256 g/mol. The summed E-state index contributed by atoms with van der Waals surface area (Å²) in [5.41, 5.74) is 2.23. The molecule has 0 saturated carbocycles. The van der Waals surface area contributed by atoms with Crippen molar-refractivity contribution in [2.45, 2.75) is 6.92 Å². The average Bonchev–Trinajstić information content (AvgIpc) is 2.39. The molecule has 0 aliphatic rings. The maximum absolute atomic E-state index is 12.9. The number of amides is 1. The lowest BCUT2D eigenvalue weighted by atomic mass is 10.2. The predicted octanol–water partition coefficient (Wildman–Crippen LogP) is 3.18. The molecular weight excluding hydrogens is 243 g/mol. The van der Waals surface area contributed by atoms with E-state index < -0.39 is 0 Å². The van der Waals surface area contributed by atoms with E-state index in [1.165, 1.54) is 18.2 Å². The van der Waals surface area contributed by atoms with Crippen LogP contribution in [0.25, 0.3) is 6.08 Å². The molecule has 19 heavy (non-hydrogen) atoms. The Hall–Kier alpha value is -2.49. The first kappa shape index (κ1) is 13.0. The molecule has 1 N–H and O–H groups in total. The van der Waals surface area contributed by atoms with Gasteiger partial charge in [0.15, 0.2) is 0 Å². The molecule has 4 heteroatoms. The first-order chi connectivity index (χ1) is 9.15. The zero-order chi connectivity index (χ0) is 13.7. The van der Waals surface area contributed by atoms with Gasteiger partial charge in [0.25, 0.3) is 0 Å². The van der Waals surface area contributed by atoms with Crippen LogP contribution in [0.1, 0.15) is 11.1 Å². The van der Waals surface area contributed by atoms with Gasteiger partial charge in [0.1, 0.15) is 5.82 Å². The van der Waals surface area contributed by atoms with Gasteiger partial charge < -0.3 is 5.32 Å². The Bertz CT molecular complexity index is 623. The third-order valence-electron chi connectivity index (χ3n) is 2.57. The summed E-state index contributed by atoms with van der Waals surface area (Å²) in [6, 6.07) is 7.85. The molecule has 0 aliphatic carbocycles. The van der Waals surface area contributed by atoms with Crippen molar-refractivity contribution in [1.82, 2.24) is 4.98 Å². The molecule has 0 atom stereocenters. The van der Waals surface area contributed by atoms with E-state index in [-0.39, 0.29) is 11.7 Å². The van der Waals surface area contributed by atoms with E-state index in [0.29, 0.717) is 11.3 Å². The lowest BCUT2D eigenvalue weighted by molar-refractivity contribution is -0.111. The van der Waals surface area contributed by atoms with E-state index in [1.807, 2.05) is 13.0 Å². The molecule has 0 radical (unpaired) electrons. The van der Waals surface area contributed by atoms with E-state index in [9.17, 15) is 9.18 Å². The second-order valence-corrected chi connectivity index (χ2v) is 4.07. The molecule has 0 fully saturated rings. The van der Waals surface area contributed by atoms with E-state index >= 15 is 0 Å². The highest BCUT2D eigenvalue weighted by Crippen LogP contribution is 2.11. The van der Waals surface area contributed by atoms with Gasteiger partial charge in [-0.05, 0) is 42.3 Å². The van der Waals surface area contributed by atoms with Gasteiger partial charge in [-0.2, -0.15) is 0 Å². The molecule has 0 spiro atoms. The SMILES string of the molecule is Cc1ccncc1NC(=O)C=Cc1cccc(F)c1. The van der Waals surface area contributed by atoms with Gasteiger partial charge in [-0.1, -0.05) is 12.1 Å². The Morgan fingerprint density at radius 1 is 1.37 bits per heavy atom. The van der Waals surface area contributed by atoms with Gasteiger partial charge in [-0.3, -0.25) is 9.78 Å². The summed E-state index contributed by atoms with van der Waals surface area (Å²) >= 11 is 0. The highest BCUT2D eigenvalue weighted by Gasteiger charge is 2.01. The molecule has 0 bridgehead atoms. The molecule has 3 nitrogen and oxygen atoms in total. The number of rotatable bonds is 3. The van der Waals surface area contributed by atoms with Crippen molar-refractivity contribution in [3.63, 3.8) is 0 Å². The molecule has 2 rings (SSSR count). The van der Waals surface area contributed by atoms with Gasteiger partial charge >= 0.3 is 0 Å². The summed E-state index contributed by atoms with van der Waals surface area (Å²) in [5, 5.41) is 2.71. The van der Waals surface area contributed by atoms with Crippen LogP contribution in [0.5, 0.6) is 0 Å². The summed E-state index contributed by atoms with van der Waals surface area (Å²) < 4.78 is 12.9. The Labute approximate surface area is 110 Å². The fourth-order valence-electron chi connectivity index (χ4n) is 1.55. The van der Waals surface area contributed by atoms with Crippen LogP contribution in [0.15, 0.2) is 48.8 Å². The van der Waals surface area contributed by atoms with Crippen LogP contribution >= 0.6 is 0 Å². The first-order valence-electron chi connectivity index (χ1n) is 5.80. The van der Waals surface area contributed by atoms with Gasteiger partial charge in [0.05, 0.1) is 11.9 Å². The van der Waals surface area contributed by atoms with Crippen molar-refractivity contribution < 1.29 is 9.18 Å². The molecule has 1 aromatic heterocycles. The summed E-state index contributed by atoms with van der Waals surface area (Å²) in [6.07, 6.45) is 6.17. The zero-order valence-corrected chi connectivity index (χ0v) is 10.4. The predicted molar refractivity (Wildman–Crippen MR) is 73.0 cm³/mol. The van der Waals surface area contributed by atoms with Crippen LogP contribution in [0, 0.1) is 12.7 Å². The van der Waals surface area contributed by atoms with E-state index in [0.717, 1.165) is 5.56 Å². The Morgan fingerprint density at radius 2 is 2.21 bits per heavy atom. The number of carbonyl (C=O) groups excluding carboxylic acids is 1. The lowest BCUT2D eigenvalue weighted by Gasteiger charge is -2.04. The van der Waals surface area contributed by atoms with Crippen LogP contribution in [-0.2, 0) is 4.79 Å². The number of aromatic nitrogens is 1. The number of benzene rings is 1. The minimum atomic E-state index is -0.328. The molecule has 2 aromatic rings. The van der Waals surface area contributed by atoms with Crippen molar-refractivity contribution in [2.75, 3.05) is 5.32 Å². The summed E-state index contributed by atoms with van der Waals surface area (Å²) in [6.45, 7) is 1.88. The molecular formula is C15H13FN2O. The highest BCUT2D eigenvalue weighted by atomic mass is 19.1. The fourth-order valence-corrected chi connectivity index (χ4v) is 1.55. The van der Waals surface area contributed by atoms with Crippen LogP contribution < -0.4 is 5.32 Å². The third-order valence-corrected chi connectivity index (χ3v) is 2.57. The standard InChI is InChI=1S/C15H13FN2O/c1-11-7-8-17-10-14(11)18-15(19)6-5-12-3-2-4-13(16)9-12/h2-10H,1H3,(H,18,19). The smallest absolute Gasteiger partial charge is 0.248 e. The van der Waals surface area contributed by atoms with E-state index in [1.54, 1.807) is 30.6 Å². The summed E-state index contributed by atoms with van der Waals surface area (Å²) in [7, 11) is 0. The number of halogens is 1. The van der Waals surface area contributed by atoms with Crippen LogP contribution in [-0.4, -0.2) is 10.9 Å². The number of aryl methyl sites for hydroxylation is 1. The van der Waals surface area contributed by atoms with Crippen molar-refractivity contribution in [3.05, 3.63) is 65.7 Å². The number of hydrogen-bond acceptors (Lipinski definition) is 2. The van der Waals surface area contributed by atoms with Gasteiger partial charge in [0.2, 0.25) is 5.91 Å². The number of nitrogens with zero attached hydrogens (tertiary/aromatic N) is 1. The number of pyridine rings is 1. The van der Waals surface area contributed by atoms with E-state index in [2.05, 4.69) is 10.3 Å². The number of carbonyl (C=O) groups is 1. The second kappa shape index (κ2) is 5.91. The summed E-state index contributed by atoms with van der Waals surface area (Å²) in [4.78, 5) is 15.6. The second-order valence-electron chi connectivity index (χ2n) is 4.07. The van der Waals surface area contributed by atoms with E-state index in [4.69, 9.17) is 0 Å². The minimum absolute atomic E-state index is 0.277. The normalized spacial score (nSPS) is 10.6. The molecule has 0 unspecified atom stereocenters. The molecule has 1 aromatic carbocycles. The summed E-state index contributed by atoms with van der Waals surface area (Å²) in [5.74, 6) is -0.606. The van der Waals surface area contributed by atoms with Crippen LogP contribution in [0.2, 0.25) is 0 Å².